The van der Waals surface area contributed by atoms with Crippen LogP contribution in [0.2, 0.25) is 0 Å². The predicted octanol–water partition coefficient (Wildman–Crippen LogP) is 5.97. The standard InChI is InChI=1S/C26H23NO4/c1-4-30-23-14-11-18(16-24(23)29-3)15-20(25(28)19-12-9-17(2)10-13-19)26-27-21-7-5-6-8-22(21)31-26/h5-16H,4H2,1-3H3/b20-15-. The van der Waals surface area contributed by atoms with E-state index in [0.717, 1.165) is 11.1 Å². The summed E-state index contributed by atoms with van der Waals surface area (Å²) in [6.45, 7) is 4.43. The molecular weight excluding hydrogens is 390 g/mol. The predicted molar refractivity (Wildman–Crippen MR) is 122 cm³/mol. The minimum Gasteiger partial charge on any atom is -0.493 e. The molecule has 0 radical (unpaired) electrons. The summed E-state index contributed by atoms with van der Waals surface area (Å²) < 4.78 is 17.0. The van der Waals surface area contributed by atoms with Crippen molar-refractivity contribution in [3.8, 4) is 11.5 Å². The fourth-order valence-corrected chi connectivity index (χ4v) is 3.29. The van der Waals surface area contributed by atoms with E-state index in [4.69, 9.17) is 13.9 Å². The number of allylic oxidation sites excluding steroid dienone is 1. The number of fused-ring (bicyclic) bond motifs is 1. The molecule has 1 heterocycles. The van der Waals surface area contributed by atoms with E-state index in [0.29, 0.717) is 40.3 Å². The van der Waals surface area contributed by atoms with E-state index in [1.165, 1.54) is 0 Å². The van der Waals surface area contributed by atoms with Crippen molar-refractivity contribution in [2.75, 3.05) is 13.7 Å². The molecule has 0 atom stereocenters. The SMILES string of the molecule is CCOc1ccc(/C=C(/C(=O)c2ccc(C)cc2)c2nc3ccccc3o2)cc1OC. The van der Waals surface area contributed by atoms with Gasteiger partial charge in [0.05, 0.1) is 19.3 Å². The Balaban J connectivity index is 1.83. The number of aromatic nitrogens is 1. The first kappa shape index (κ1) is 20.4. The van der Waals surface area contributed by atoms with Crippen molar-refractivity contribution < 1.29 is 18.7 Å². The molecule has 0 fully saturated rings. The monoisotopic (exact) mass is 413 g/mol. The minimum absolute atomic E-state index is 0.167. The molecule has 5 nitrogen and oxygen atoms in total. The summed E-state index contributed by atoms with van der Waals surface area (Å²) in [5.74, 6) is 1.35. The molecule has 1 aromatic heterocycles. The van der Waals surface area contributed by atoms with Crippen molar-refractivity contribution in [2.45, 2.75) is 13.8 Å². The molecule has 0 aliphatic rings. The molecule has 0 unspecified atom stereocenters. The zero-order valence-corrected chi connectivity index (χ0v) is 17.7. The molecule has 4 aromatic rings. The number of carbonyl (C=O) groups excluding carboxylic acids is 1. The van der Waals surface area contributed by atoms with Crippen LogP contribution in [0, 0.1) is 6.92 Å². The average molecular weight is 413 g/mol. The molecule has 4 rings (SSSR count). The van der Waals surface area contributed by atoms with Crippen LogP contribution in [0.15, 0.2) is 71.1 Å². The molecule has 156 valence electrons. The van der Waals surface area contributed by atoms with Crippen molar-refractivity contribution in [1.82, 2.24) is 4.98 Å². The van der Waals surface area contributed by atoms with Crippen LogP contribution >= 0.6 is 0 Å². The Bertz CT molecular complexity index is 1220. The van der Waals surface area contributed by atoms with E-state index < -0.39 is 0 Å². The average Bonchev–Trinajstić information content (AvgIpc) is 3.22. The van der Waals surface area contributed by atoms with Gasteiger partial charge in [0.1, 0.15) is 5.52 Å². The van der Waals surface area contributed by atoms with E-state index in [1.54, 1.807) is 13.2 Å². The third-order valence-corrected chi connectivity index (χ3v) is 4.88. The smallest absolute Gasteiger partial charge is 0.231 e. The van der Waals surface area contributed by atoms with Crippen LogP contribution in [-0.4, -0.2) is 24.5 Å². The van der Waals surface area contributed by atoms with E-state index in [9.17, 15) is 4.79 Å². The molecule has 0 amide bonds. The molecule has 5 heteroatoms. The third-order valence-electron chi connectivity index (χ3n) is 4.88. The summed E-state index contributed by atoms with van der Waals surface area (Å²) in [5, 5.41) is 0. The van der Waals surface area contributed by atoms with Crippen LogP contribution in [0.3, 0.4) is 0 Å². The zero-order chi connectivity index (χ0) is 21.8. The summed E-state index contributed by atoms with van der Waals surface area (Å²) in [6, 6.07) is 20.4. The number of carbonyl (C=O) groups is 1. The largest absolute Gasteiger partial charge is 0.493 e. The molecule has 31 heavy (non-hydrogen) atoms. The highest BCUT2D eigenvalue weighted by Crippen LogP contribution is 2.31. The van der Waals surface area contributed by atoms with E-state index in [2.05, 4.69) is 4.98 Å². The number of aryl methyl sites for hydroxylation is 1. The van der Waals surface area contributed by atoms with E-state index in [1.807, 2.05) is 80.6 Å². The molecule has 0 bridgehead atoms. The van der Waals surface area contributed by atoms with Crippen molar-refractivity contribution in [1.29, 1.82) is 0 Å². The maximum Gasteiger partial charge on any atom is 0.231 e. The van der Waals surface area contributed by atoms with Crippen LogP contribution in [0.5, 0.6) is 11.5 Å². The van der Waals surface area contributed by atoms with Crippen molar-refractivity contribution >= 4 is 28.5 Å². The van der Waals surface area contributed by atoms with Gasteiger partial charge in [0.2, 0.25) is 5.89 Å². The van der Waals surface area contributed by atoms with Gasteiger partial charge in [-0.05, 0) is 49.8 Å². The maximum absolute atomic E-state index is 13.4. The number of para-hydroxylation sites is 2. The van der Waals surface area contributed by atoms with Gasteiger partial charge in [-0.25, -0.2) is 4.98 Å². The molecule has 3 aromatic carbocycles. The molecule has 0 saturated carbocycles. The summed E-state index contributed by atoms with van der Waals surface area (Å²) in [6.07, 6.45) is 1.77. The first-order chi connectivity index (χ1) is 15.1. The number of ketones is 1. The van der Waals surface area contributed by atoms with E-state index in [-0.39, 0.29) is 11.7 Å². The van der Waals surface area contributed by atoms with Crippen LogP contribution in [0.4, 0.5) is 0 Å². The molecule has 0 N–H and O–H groups in total. The molecule has 0 aliphatic carbocycles. The number of ether oxygens (including phenoxy) is 2. The van der Waals surface area contributed by atoms with Gasteiger partial charge in [-0.1, -0.05) is 48.0 Å². The highest BCUT2D eigenvalue weighted by atomic mass is 16.5. The van der Waals surface area contributed by atoms with Gasteiger partial charge in [0.25, 0.3) is 0 Å². The second kappa shape index (κ2) is 8.88. The summed E-state index contributed by atoms with van der Waals surface area (Å²) >= 11 is 0. The van der Waals surface area contributed by atoms with Gasteiger partial charge in [-0.3, -0.25) is 4.79 Å². The Hall–Kier alpha value is -3.86. The van der Waals surface area contributed by atoms with Crippen molar-refractivity contribution in [3.63, 3.8) is 0 Å². The number of rotatable bonds is 7. The van der Waals surface area contributed by atoms with Crippen LogP contribution in [0.1, 0.15) is 34.3 Å². The summed E-state index contributed by atoms with van der Waals surface area (Å²) in [7, 11) is 1.59. The summed E-state index contributed by atoms with van der Waals surface area (Å²) in [4.78, 5) is 18.0. The van der Waals surface area contributed by atoms with Crippen LogP contribution in [-0.2, 0) is 0 Å². The number of hydrogen-bond acceptors (Lipinski definition) is 5. The van der Waals surface area contributed by atoms with Gasteiger partial charge in [-0.15, -0.1) is 0 Å². The first-order valence-electron chi connectivity index (χ1n) is 10.1. The maximum atomic E-state index is 13.4. The number of nitrogens with zero attached hydrogens (tertiary/aromatic N) is 1. The fourth-order valence-electron chi connectivity index (χ4n) is 3.29. The van der Waals surface area contributed by atoms with Crippen LogP contribution in [0.25, 0.3) is 22.7 Å². The minimum atomic E-state index is -0.167. The van der Waals surface area contributed by atoms with E-state index >= 15 is 0 Å². The topological polar surface area (TPSA) is 61.6 Å². The number of benzene rings is 3. The number of hydrogen-bond donors (Lipinski definition) is 0. The lowest BCUT2D eigenvalue weighted by molar-refractivity contribution is 0.105. The van der Waals surface area contributed by atoms with Crippen molar-refractivity contribution in [2.24, 2.45) is 0 Å². The highest BCUT2D eigenvalue weighted by molar-refractivity contribution is 6.31. The highest BCUT2D eigenvalue weighted by Gasteiger charge is 2.20. The number of Topliss-reactive ketones (excluding diaryl/α,β-unsaturated/α-hetero) is 1. The Morgan fingerprint density at radius 2 is 1.81 bits per heavy atom. The van der Waals surface area contributed by atoms with Gasteiger partial charge in [-0.2, -0.15) is 0 Å². The zero-order valence-electron chi connectivity index (χ0n) is 17.7. The normalized spacial score (nSPS) is 11.5. The van der Waals surface area contributed by atoms with Gasteiger partial charge < -0.3 is 13.9 Å². The number of methoxy groups -OCH3 is 1. The first-order valence-corrected chi connectivity index (χ1v) is 10.1. The Labute approximate surface area is 180 Å². The Morgan fingerprint density at radius 3 is 2.52 bits per heavy atom. The number of oxazole rings is 1. The van der Waals surface area contributed by atoms with Crippen LogP contribution < -0.4 is 9.47 Å². The second-order valence-electron chi connectivity index (χ2n) is 7.08. The lowest BCUT2D eigenvalue weighted by Gasteiger charge is -2.10. The molecular formula is C26H23NO4. The van der Waals surface area contributed by atoms with Gasteiger partial charge in [0.15, 0.2) is 22.9 Å². The van der Waals surface area contributed by atoms with Crippen molar-refractivity contribution in [3.05, 3.63) is 89.3 Å². The quantitative estimate of drug-likeness (QED) is 0.276. The summed E-state index contributed by atoms with van der Waals surface area (Å²) in [5.41, 5.74) is 4.12. The molecule has 0 saturated heterocycles. The lowest BCUT2D eigenvalue weighted by Crippen LogP contribution is -2.03. The Kier molecular flexibility index (Phi) is 5.85. The Morgan fingerprint density at radius 1 is 1.03 bits per heavy atom. The second-order valence-corrected chi connectivity index (χ2v) is 7.08. The lowest BCUT2D eigenvalue weighted by atomic mass is 9.99. The fraction of sp³-hybridized carbons (Fsp3) is 0.154. The van der Waals surface area contributed by atoms with Gasteiger partial charge in [0, 0.05) is 5.56 Å². The third kappa shape index (κ3) is 4.36. The molecule has 0 aliphatic heterocycles. The molecule has 0 spiro atoms. The van der Waals surface area contributed by atoms with Gasteiger partial charge >= 0.3 is 0 Å².